The fourth-order valence-electron chi connectivity index (χ4n) is 3.84. The van der Waals surface area contributed by atoms with E-state index in [1.54, 1.807) is 0 Å². The van der Waals surface area contributed by atoms with Gasteiger partial charge in [-0.2, -0.15) is 3.89 Å². The molecule has 1 nitrogen and oxygen atoms in total. The van der Waals surface area contributed by atoms with Crippen LogP contribution in [0, 0.1) is 5.92 Å². The molecule has 0 saturated heterocycles. The standard InChI is InChI=1S/C27H31BFNS/c1-4-7-26(23-14-16-25(31-29)17-15-23)28-18-22-10-12-24(13-11-22)27-21(3)9-6-5-8-20(2)19-30-27/h5,7-8,10-17,19-20,28H,4,6,9,18H2,1-3H3/b8-5-,26-7-,27-21-,30-19-. The molecule has 4 heteroatoms. The number of aliphatic imine (C=N–C) groups is 1. The number of benzene rings is 2. The summed E-state index contributed by atoms with van der Waals surface area (Å²) < 4.78 is 12.7. The normalized spacial score (nSPS) is 21.7. The van der Waals surface area contributed by atoms with E-state index in [4.69, 9.17) is 4.99 Å². The van der Waals surface area contributed by atoms with Crippen molar-refractivity contribution in [2.45, 2.75) is 51.2 Å². The highest BCUT2D eigenvalue weighted by atomic mass is 32.2. The molecule has 0 N–H and O–H groups in total. The lowest BCUT2D eigenvalue weighted by atomic mass is 9.62. The second kappa shape index (κ2) is 11.9. The van der Waals surface area contributed by atoms with Crippen LogP contribution in [-0.2, 0) is 6.32 Å². The topological polar surface area (TPSA) is 12.4 Å². The van der Waals surface area contributed by atoms with Gasteiger partial charge in [-0.15, -0.1) is 0 Å². The molecule has 0 amide bonds. The molecular weight excluding hydrogens is 400 g/mol. The summed E-state index contributed by atoms with van der Waals surface area (Å²) in [5, 5.41) is 0. The average molecular weight is 431 g/mol. The van der Waals surface area contributed by atoms with E-state index in [0.717, 1.165) is 38.6 Å². The molecule has 2 aromatic carbocycles. The molecule has 0 spiro atoms. The number of halogens is 1. The van der Waals surface area contributed by atoms with E-state index in [-0.39, 0.29) is 0 Å². The SMILES string of the molecule is CC/C=C(\BCc1ccc(C2=C(\C)CC/C=C\C(C)/C=N\2)cc1)c1ccc(SF)cc1. The summed E-state index contributed by atoms with van der Waals surface area (Å²) in [6.07, 6.45) is 12.9. The van der Waals surface area contributed by atoms with Crippen molar-refractivity contribution >= 4 is 36.8 Å². The Morgan fingerprint density at radius 2 is 1.90 bits per heavy atom. The Morgan fingerprint density at radius 3 is 2.58 bits per heavy atom. The summed E-state index contributed by atoms with van der Waals surface area (Å²) in [6, 6.07) is 16.6. The molecule has 0 fully saturated rings. The first kappa shape index (κ1) is 23.3. The summed E-state index contributed by atoms with van der Waals surface area (Å²) in [7, 11) is 0.971. The Balaban J connectivity index is 1.71. The van der Waals surface area contributed by atoms with Gasteiger partial charge in [0.15, 0.2) is 7.28 Å². The summed E-state index contributed by atoms with van der Waals surface area (Å²) in [5.41, 5.74) is 7.46. The Kier molecular flexibility index (Phi) is 8.96. The lowest BCUT2D eigenvalue weighted by molar-refractivity contribution is 0.934. The van der Waals surface area contributed by atoms with E-state index in [2.05, 4.69) is 63.3 Å². The first-order valence-electron chi connectivity index (χ1n) is 11.2. The Bertz CT molecular complexity index is 971. The molecular formula is C27H31BFNS. The predicted molar refractivity (Wildman–Crippen MR) is 138 cm³/mol. The smallest absolute Gasteiger partial charge is 0.162 e. The van der Waals surface area contributed by atoms with Crippen molar-refractivity contribution in [1.29, 1.82) is 0 Å². The monoisotopic (exact) mass is 431 g/mol. The van der Waals surface area contributed by atoms with Gasteiger partial charge >= 0.3 is 0 Å². The summed E-state index contributed by atoms with van der Waals surface area (Å²) in [4.78, 5) is 5.47. The number of hydrogen-bond acceptors (Lipinski definition) is 2. The molecule has 3 rings (SSSR count). The maximum atomic E-state index is 12.7. The van der Waals surface area contributed by atoms with Gasteiger partial charge in [0.25, 0.3) is 0 Å². The fraction of sp³-hybridized carbons (Fsp3) is 0.296. The van der Waals surface area contributed by atoms with E-state index in [1.807, 2.05) is 30.5 Å². The van der Waals surface area contributed by atoms with E-state index in [1.165, 1.54) is 27.7 Å². The molecule has 1 heterocycles. The first-order chi connectivity index (χ1) is 15.1. The van der Waals surface area contributed by atoms with Crippen LogP contribution in [0.5, 0.6) is 0 Å². The van der Waals surface area contributed by atoms with E-state index in [9.17, 15) is 3.89 Å². The Labute approximate surface area is 191 Å². The minimum Gasteiger partial charge on any atom is -0.260 e. The van der Waals surface area contributed by atoms with E-state index >= 15 is 0 Å². The highest BCUT2D eigenvalue weighted by Crippen LogP contribution is 2.26. The second-order valence-electron chi connectivity index (χ2n) is 8.17. The molecule has 1 aliphatic rings. The minimum absolute atomic E-state index is 0.293. The third-order valence-corrected chi connectivity index (χ3v) is 6.09. The molecule has 0 bridgehead atoms. The number of allylic oxidation sites excluding steroid dienone is 4. The van der Waals surface area contributed by atoms with Crippen LogP contribution in [0.1, 0.15) is 56.7 Å². The Morgan fingerprint density at radius 1 is 1.16 bits per heavy atom. The van der Waals surface area contributed by atoms with Crippen LogP contribution in [0.3, 0.4) is 0 Å². The van der Waals surface area contributed by atoms with Gasteiger partial charge in [-0.25, -0.2) is 0 Å². The molecule has 160 valence electrons. The zero-order chi connectivity index (χ0) is 22.1. The highest BCUT2D eigenvalue weighted by Gasteiger charge is 2.09. The van der Waals surface area contributed by atoms with Crippen LogP contribution in [-0.4, -0.2) is 13.5 Å². The van der Waals surface area contributed by atoms with E-state index < -0.39 is 0 Å². The number of hydrogen-bond donors (Lipinski definition) is 0. The average Bonchev–Trinajstić information content (AvgIpc) is 2.88. The van der Waals surface area contributed by atoms with Gasteiger partial charge in [0, 0.05) is 22.6 Å². The molecule has 0 aromatic heterocycles. The third-order valence-electron chi connectivity index (χ3n) is 5.64. The van der Waals surface area contributed by atoms with Gasteiger partial charge in [-0.05, 0) is 55.8 Å². The third kappa shape index (κ3) is 6.83. The van der Waals surface area contributed by atoms with Crippen LogP contribution in [0.2, 0.25) is 0 Å². The second-order valence-corrected chi connectivity index (χ2v) is 8.79. The van der Waals surface area contributed by atoms with Crippen LogP contribution < -0.4 is 0 Å². The maximum absolute atomic E-state index is 12.7. The molecule has 0 aliphatic carbocycles. The van der Waals surface area contributed by atoms with Crippen molar-refractivity contribution in [2.75, 3.05) is 0 Å². The van der Waals surface area contributed by atoms with E-state index in [0.29, 0.717) is 23.0 Å². The minimum atomic E-state index is 0.293. The zero-order valence-corrected chi connectivity index (χ0v) is 19.6. The summed E-state index contributed by atoms with van der Waals surface area (Å²) in [6.45, 7) is 6.52. The molecule has 1 aliphatic heterocycles. The number of rotatable bonds is 7. The Hall–Kier alpha value is -2.33. The lowest BCUT2D eigenvalue weighted by Crippen LogP contribution is -2.02. The quantitative estimate of drug-likeness (QED) is 0.321. The molecule has 0 saturated carbocycles. The highest BCUT2D eigenvalue weighted by molar-refractivity contribution is 7.94. The van der Waals surface area contributed by atoms with Gasteiger partial charge in [0.05, 0.1) is 17.8 Å². The summed E-state index contributed by atoms with van der Waals surface area (Å²) in [5.74, 6) is 0.363. The molecule has 1 atom stereocenters. The lowest BCUT2D eigenvalue weighted by Gasteiger charge is -2.10. The van der Waals surface area contributed by atoms with Crippen LogP contribution in [0.4, 0.5) is 3.89 Å². The van der Waals surface area contributed by atoms with Gasteiger partial charge in [0.2, 0.25) is 0 Å². The first-order valence-corrected chi connectivity index (χ1v) is 11.9. The van der Waals surface area contributed by atoms with Crippen LogP contribution in [0.15, 0.2) is 82.2 Å². The largest absolute Gasteiger partial charge is 0.260 e. The van der Waals surface area contributed by atoms with Gasteiger partial charge in [0.1, 0.15) is 0 Å². The summed E-state index contributed by atoms with van der Waals surface area (Å²) >= 11 is 0.293. The fourth-order valence-corrected chi connectivity index (χ4v) is 4.08. The maximum Gasteiger partial charge on any atom is 0.162 e. The van der Waals surface area contributed by atoms with Crippen LogP contribution in [0.25, 0.3) is 11.2 Å². The van der Waals surface area contributed by atoms with Crippen molar-refractivity contribution in [3.8, 4) is 0 Å². The molecule has 2 aromatic rings. The molecule has 31 heavy (non-hydrogen) atoms. The van der Waals surface area contributed by atoms with Gasteiger partial charge in [-0.3, -0.25) is 4.99 Å². The van der Waals surface area contributed by atoms with Crippen molar-refractivity contribution < 1.29 is 3.89 Å². The van der Waals surface area contributed by atoms with Crippen molar-refractivity contribution in [1.82, 2.24) is 0 Å². The zero-order valence-electron chi connectivity index (χ0n) is 18.8. The number of nitrogens with zero attached hydrogens (tertiary/aromatic N) is 1. The van der Waals surface area contributed by atoms with Crippen molar-refractivity contribution in [3.05, 3.63) is 89.0 Å². The predicted octanol–water partition coefficient (Wildman–Crippen LogP) is 7.84. The molecule has 0 radical (unpaired) electrons. The molecule has 1 unspecified atom stereocenters. The van der Waals surface area contributed by atoms with Gasteiger partial charge in [-0.1, -0.05) is 79.5 Å². The van der Waals surface area contributed by atoms with Gasteiger partial charge < -0.3 is 0 Å². The van der Waals surface area contributed by atoms with Crippen molar-refractivity contribution in [3.63, 3.8) is 0 Å². The van der Waals surface area contributed by atoms with Crippen molar-refractivity contribution in [2.24, 2.45) is 10.9 Å². The van der Waals surface area contributed by atoms with Crippen LogP contribution >= 0.6 is 12.1 Å².